The Labute approximate surface area is 445 Å². The highest BCUT2D eigenvalue weighted by molar-refractivity contribution is 9.09. The maximum Gasteiger partial charge on any atom is 0.206 e. The number of aromatic nitrogens is 1. The fourth-order valence-electron chi connectivity index (χ4n) is 8.46. The molecule has 4 aromatic carbocycles. The van der Waals surface area contributed by atoms with E-state index in [2.05, 4.69) is 72.3 Å². The Balaban J connectivity index is 0.000000190. The van der Waals surface area contributed by atoms with Crippen LogP contribution < -0.4 is 31.6 Å². The lowest BCUT2D eigenvalue weighted by Crippen LogP contribution is -2.40. The molecule has 2 saturated carbocycles. The molecule has 17 heteroatoms. The van der Waals surface area contributed by atoms with E-state index in [4.69, 9.17) is 33.2 Å². The van der Waals surface area contributed by atoms with Crippen LogP contribution in [0.15, 0.2) is 102 Å². The van der Waals surface area contributed by atoms with E-state index in [1.54, 1.807) is 0 Å². The average molecular weight is 1100 g/mol. The van der Waals surface area contributed by atoms with Crippen molar-refractivity contribution >= 4 is 105 Å². The van der Waals surface area contributed by atoms with Crippen molar-refractivity contribution < 1.29 is 19.1 Å². The molecule has 0 spiro atoms. The molecule has 9 rings (SSSR count). The molecule has 4 fully saturated rings. The first-order chi connectivity index (χ1) is 34.0. The number of carbonyl (C=O) groups is 2. The van der Waals surface area contributed by atoms with Crippen LogP contribution in [0.2, 0.25) is 0 Å². The molecule has 2 aliphatic carbocycles. The van der Waals surface area contributed by atoms with Crippen molar-refractivity contribution in [3.05, 3.63) is 124 Å². The predicted molar refractivity (Wildman–Crippen MR) is 310 cm³/mol. The molecule has 380 valence electrons. The van der Waals surface area contributed by atoms with Crippen molar-refractivity contribution in [3.8, 4) is 11.5 Å². The van der Waals surface area contributed by atoms with Gasteiger partial charge in [0.1, 0.15) is 34.4 Å². The Hall–Kier alpha value is -4.41. The fraction of sp³-hybridized carbons (Fsp3) is 0.426. The molecule has 3 heterocycles. The SMILES string of the molecule is CCN1CCCC(Oc2ccc(Nc3nc(N)c(C(=O)c4cccc(C5CC5)c4)s3)cc2)C1.CCSC(N)=NC(=S)Nc1ccc(OC2CCCN(CC)C2)cc1.O=C(CBr)c1cccc(C2CC2)c1.P. The molecule has 6 N–H and O–H groups in total. The number of alkyl halides is 1. The smallest absolute Gasteiger partial charge is 0.206 e. The highest BCUT2D eigenvalue weighted by Crippen LogP contribution is 2.41. The van der Waals surface area contributed by atoms with E-state index < -0.39 is 0 Å². The number of piperidine rings is 2. The topological polar surface area (TPSA) is 160 Å². The Morgan fingerprint density at radius 2 is 1.31 bits per heavy atom. The normalized spacial score (nSPS) is 18.1. The van der Waals surface area contributed by atoms with Crippen LogP contribution in [0, 0.1) is 0 Å². The van der Waals surface area contributed by atoms with Gasteiger partial charge in [0.25, 0.3) is 0 Å². The molecule has 71 heavy (non-hydrogen) atoms. The first kappa shape index (κ1) is 55.9. The lowest BCUT2D eigenvalue weighted by atomic mass is 10.0. The molecule has 2 aliphatic heterocycles. The van der Waals surface area contributed by atoms with Crippen LogP contribution in [-0.2, 0) is 0 Å². The van der Waals surface area contributed by atoms with Crippen molar-refractivity contribution in [3.63, 3.8) is 0 Å². The van der Waals surface area contributed by atoms with Gasteiger partial charge in [0.05, 0.1) is 5.33 Å². The number of rotatable bonds is 16. The first-order valence-corrected chi connectivity index (χ1v) is 28.0. The van der Waals surface area contributed by atoms with Crippen LogP contribution in [0.4, 0.5) is 22.3 Å². The zero-order chi connectivity index (χ0) is 49.4. The van der Waals surface area contributed by atoms with Crippen LogP contribution >= 0.6 is 61.1 Å². The molecular weight excluding hydrogens is 1030 g/mol. The minimum absolute atomic E-state index is 0. The van der Waals surface area contributed by atoms with Gasteiger partial charge in [-0.3, -0.25) is 19.4 Å². The molecule has 2 saturated heterocycles. The monoisotopic (exact) mass is 1100 g/mol. The van der Waals surface area contributed by atoms with Gasteiger partial charge < -0.3 is 31.6 Å². The van der Waals surface area contributed by atoms with Crippen molar-refractivity contribution in [2.45, 2.75) is 96.2 Å². The number of aliphatic imine (C=N–C) groups is 1. The number of amidine groups is 1. The van der Waals surface area contributed by atoms with Crippen molar-refractivity contribution in [1.82, 2.24) is 14.8 Å². The molecule has 0 bridgehead atoms. The van der Waals surface area contributed by atoms with Gasteiger partial charge in [0.15, 0.2) is 21.2 Å². The maximum atomic E-state index is 13.0. The number of halogens is 1. The number of nitrogens with one attached hydrogen (secondary N) is 2. The van der Waals surface area contributed by atoms with Gasteiger partial charge in [-0.25, -0.2) is 4.98 Å². The number of hydrogen-bond donors (Lipinski definition) is 4. The second-order valence-corrected chi connectivity index (χ2v) is 21.2. The van der Waals surface area contributed by atoms with Crippen LogP contribution in [0.5, 0.6) is 11.5 Å². The van der Waals surface area contributed by atoms with Gasteiger partial charge in [-0.15, -0.1) is 0 Å². The number of thioether (sulfide) groups is 1. The summed E-state index contributed by atoms with van der Waals surface area (Å²) in [6.45, 7) is 12.9. The summed E-state index contributed by atoms with van der Waals surface area (Å²) in [7, 11) is 0. The molecule has 12 nitrogen and oxygen atoms in total. The van der Waals surface area contributed by atoms with E-state index in [0.717, 1.165) is 85.7 Å². The summed E-state index contributed by atoms with van der Waals surface area (Å²) in [4.78, 5) is 38.3. The molecule has 5 aromatic rings. The predicted octanol–water partition coefficient (Wildman–Crippen LogP) is 12.0. The number of Topliss-reactive ketones (excluding diaryl/α,β-unsaturated/α-hetero) is 1. The lowest BCUT2D eigenvalue weighted by Gasteiger charge is -2.32. The number of nitrogen functional groups attached to an aromatic ring is 1. The van der Waals surface area contributed by atoms with Crippen molar-refractivity contribution in [2.75, 3.05) is 66.7 Å². The number of benzene rings is 4. The summed E-state index contributed by atoms with van der Waals surface area (Å²) in [5, 5.41) is 8.21. The summed E-state index contributed by atoms with van der Waals surface area (Å²) in [6.07, 6.45) is 10.1. The highest BCUT2D eigenvalue weighted by atomic mass is 79.9. The number of thiazole rings is 1. The third kappa shape index (κ3) is 17.6. The standard InChI is InChI=1S/C26H30N4O2S.C17H26N4OS2.C11H11BrO.H3P/c1-2-30-14-4-7-22(16-30)32-21-12-10-20(11-13-21)28-26-29-25(27)24(33-26)23(31)19-6-3-5-18(15-19)17-8-9-17;1-3-21-11-5-6-15(12-21)22-14-9-7-13(8-10-14)19-17(23)20-16(18)24-4-2;12-7-11(13)10-3-1-2-9(6-10)8-4-5-8;/h3,5-6,10-13,15,17,22H,2,4,7-9,14,16,27H2,1H3,(H,28,29);7-10,15H,3-6,11-12H2,1-2H3,(H3,18,19,20,23);1-3,6,8H,4-5,7H2;1H3. The number of nitrogens with two attached hydrogens (primary N) is 2. The average Bonchev–Trinajstić information content (AvgIpc) is 4.33. The maximum absolute atomic E-state index is 13.0. The van der Waals surface area contributed by atoms with Gasteiger partial charge in [-0.1, -0.05) is 96.2 Å². The van der Waals surface area contributed by atoms with Gasteiger partial charge >= 0.3 is 0 Å². The minimum Gasteiger partial charge on any atom is -0.489 e. The lowest BCUT2D eigenvalue weighted by molar-refractivity contribution is 0.0919. The quantitative estimate of drug-likeness (QED) is 0.0185. The Morgan fingerprint density at radius 1 is 0.789 bits per heavy atom. The summed E-state index contributed by atoms with van der Waals surface area (Å²) in [5.41, 5.74) is 17.7. The van der Waals surface area contributed by atoms with Crippen molar-refractivity contribution in [1.29, 1.82) is 0 Å². The van der Waals surface area contributed by atoms with Gasteiger partial charge in [0, 0.05) is 35.6 Å². The zero-order valence-electron chi connectivity index (χ0n) is 41.2. The van der Waals surface area contributed by atoms with Gasteiger partial charge in [-0.05, 0) is 179 Å². The van der Waals surface area contributed by atoms with Crippen LogP contribution in [-0.4, -0.2) is 99.2 Å². The number of ether oxygens (including phenoxy) is 2. The van der Waals surface area contributed by atoms with Gasteiger partial charge in [-0.2, -0.15) is 14.9 Å². The van der Waals surface area contributed by atoms with E-state index in [1.807, 2.05) is 91.9 Å². The van der Waals surface area contributed by atoms with Crippen molar-refractivity contribution in [2.24, 2.45) is 10.7 Å². The molecule has 0 radical (unpaired) electrons. The number of likely N-dealkylation sites (tertiary alicyclic amines) is 2. The Bertz CT molecular complexity index is 2540. The summed E-state index contributed by atoms with van der Waals surface area (Å²) in [6, 6.07) is 31.6. The zero-order valence-corrected chi connectivity index (χ0v) is 46.7. The van der Waals surface area contributed by atoms with Crippen LogP contribution in [0.1, 0.15) is 121 Å². The number of ketones is 2. The molecular formula is C54H70BrN8O4PS3. The minimum atomic E-state index is -0.0714. The van der Waals surface area contributed by atoms with Crippen LogP contribution in [0.3, 0.4) is 0 Å². The van der Waals surface area contributed by atoms with E-state index in [0.29, 0.717) is 37.1 Å². The molecule has 4 aliphatic rings. The molecule has 3 unspecified atom stereocenters. The third-order valence-corrected chi connectivity index (χ3v) is 14.9. The Morgan fingerprint density at radius 3 is 1.82 bits per heavy atom. The molecule has 1 aromatic heterocycles. The number of hydrogen-bond acceptors (Lipinski definition) is 12. The Kier molecular flexibility index (Phi) is 22.2. The second kappa shape index (κ2) is 28.2. The number of nitrogens with zero attached hydrogens (tertiary/aromatic N) is 4. The van der Waals surface area contributed by atoms with E-state index in [1.165, 1.54) is 79.3 Å². The number of likely N-dealkylation sites (N-methyl/N-ethyl adjacent to an activating group) is 2. The number of carbonyl (C=O) groups excluding carboxylic acids is 2. The molecule has 3 atom stereocenters. The third-order valence-electron chi connectivity index (χ3n) is 12.6. The molecule has 0 amide bonds. The van der Waals surface area contributed by atoms with Crippen LogP contribution in [0.25, 0.3) is 0 Å². The van der Waals surface area contributed by atoms with E-state index in [-0.39, 0.29) is 39.5 Å². The largest absolute Gasteiger partial charge is 0.489 e. The highest BCUT2D eigenvalue weighted by Gasteiger charge is 2.26. The van der Waals surface area contributed by atoms with E-state index >= 15 is 0 Å². The summed E-state index contributed by atoms with van der Waals surface area (Å²) < 4.78 is 12.3. The summed E-state index contributed by atoms with van der Waals surface area (Å²) in [5.74, 6) is 4.32. The fourth-order valence-corrected chi connectivity index (χ4v) is 10.4. The second-order valence-electron chi connectivity index (χ2n) is 18.0. The number of thiocarbonyl (C=S) groups is 1. The first-order valence-electron chi connectivity index (χ1n) is 24.6. The van der Waals surface area contributed by atoms with E-state index in [9.17, 15) is 9.59 Å². The van der Waals surface area contributed by atoms with Gasteiger partial charge in [0.2, 0.25) is 5.78 Å². The number of anilines is 4. The summed E-state index contributed by atoms with van der Waals surface area (Å²) >= 11 is 11.1.